The number of carbonyl (C=O) groups excluding carboxylic acids is 1. The fourth-order valence-electron chi connectivity index (χ4n) is 1.17. The third-order valence-electron chi connectivity index (χ3n) is 3.08. The highest BCUT2D eigenvalue weighted by Gasteiger charge is 2.40. The molecule has 0 saturated heterocycles. The van der Waals surface area contributed by atoms with E-state index in [0.29, 0.717) is 0 Å². The molecular formula is C11H18N2O5S2. The largest absolute Gasteiger partial charge is 0.464 e. The fourth-order valence-corrected chi connectivity index (χ4v) is 3.83. The van der Waals surface area contributed by atoms with Gasteiger partial charge in [-0.05, 0) is 27.7 Å². The van der Waals surface area contributed by atoms with Crippen molar-refractivity contribution in [2.24, 2.45) is 0 Å². The van der Waals surface area contributed by atoms with E-state index in [9.17, 15) is 18.3 Å². The van der Waals surface area contributed by atoms with Gasteiger partial charge in [0.05, 0.1) is 23.8 Å². The molecule has 1 aromatic rings. The standard InChI is InChI=1S/C11H18N2O5S2/c1-10(2,11(3,4)15)13-20(16,17)9-7(8(14)18-5)12-6-19-9/h6,13,15H,1-5H3. The van der Waals surface area contributed by atoms with Crippen molar-refractivity contribution in [3.05, 3.63) is 11.2 Å². The van der Waals surface area contributed by atoms with Crippen molar-refractivity contribution in [3.8, 4) is 0 Å². The number of methoxy groups -OCH3 is 1. The first kappa shape index (κ1) is 17.0. The Morgan fingerprint density at radius 3 is 2.40 bits per heavy atom. The Hall–Kier alpha value is -1.03. The lowest BCUT2D eigenvalue weighted by atomic mass is 9.87. The van der Waals surface area contributed by atoms with Gasteiger partial charge in [0.25, 0.3) is 10.0 Å². The van der Waals surface area contributed by atoms with Crippen LogP contribution in [0.15, 0.2) is 9.72 Å². The van der Waals surface area contributed by atoms with E-state index in [-0.39, 0.29) is 9.90 Å². The molecule has 0 aromatic carbocycles. The molecule has 0 fully saturated rings. The topological polar surface area (TPSA) is 106 Å². The number of sulfonamides is 1. The Labute approximate surface area is 122 Å². The molecule has 1 heterocycles. The average molecular weight is 322 g/mol. The van der Waals surface area contributed by atoms with Gasteiger partial charge in [0.2, 0.25) is 0 Å². The van der Waals surface area contributed by atoms with Crippen molar-refractivity contribution in [2.75, 3.05) is 7.11 Å². The Bertz CT molecular complexity index is 599. The van der Waals surface area contributed by atoms with Crippen LogP contribution in [0.25, 0.3) is 0 Å². The predicted molar refractivity (Wildman–Crippen MR) is 74.2 cm³/mol. The van der Waals surface area contributed by atoms with Crippen molar-refractivity contribution in [1.82, 2.24) is 9.71 Å². The van der Waals surface area contributed by atoms with E-state index in [1.807, 2.05) is 0 Å². The third-order valence-corrected chi connectivity index (χ3v) is 6.10. The van der Waals surface area contributed by atoms with Crippen LogP contribution in [0.5, 0.6) is 0 Å². The van der Waals surface area contributed by atoms with Gasteiger partial charge in [0, 0.05) is 0 Å². The molecule has 1 rings (SSSR count). The highest BCUT2D eigenvalue weighted by molar-refractivity contribution is 7.91. The maximum Gasteiger partial charge on any atom is 0.358 e. The summed E-state index contributed by atoms with van der Waals surface area (Å²) in [6, 6.07) is 0. The van der Waals surface area contributed by atoms with Crippen LogP contribution < -0.4 is 4.72 Å². The summed E-state index contributed by atoms with van der Waals surface area (Å²) >= 11 is 0.807. The van der Waals surface area contributed by atoms with Crippen molar-refractivity contribution in [3.63, 3.8) is 0 Å². The molecule has 1 aromatic heterocycles. The number of rotatable bonds is 5. The number of nitrogens with one attached hydrogen (secondary N) is 1. The molecule has 0 saturated carbocycles. The smallest absolute Gasteiger partial charge is 0.358 e. The number of carbonyl (C=O) groups is 1. The van der Waals surface area contributed by atoms with Crippen molar-refractivity contribution >= 4 is 27.3 Å². The number of hydrogen-bond donors (Lipinski definition) is 2. The molecule has 20 heavy (non-hydrogen) atoms. The van der Waals surface area contributed by atoms with Gasteiger partial charge < -0.3 is 9.84 Å². The van der Waals surface area contributed by atoms with Crippen molar-refractivity contribution < 1.29 is 23.1 Å². The lowest BCUT2D eigenvalue weighted by Crippen LogP contribution is -2.57. The Morgan fingerprint density at radius 1 is 1.40 bits per heavy atom. The SMILES string of the molecule is COC(=O)c1ncsc1S(=O)(=O)NC(C)(C)C(C)(C)O. The van der Waals surface area contributed by atoms with Crippen LogP contribution in [-0.4, -0.2) is 42.7 Å². The van der Waals surface area contributed by atoms with Crippen LogP contribution in [0.1, 0.15) is 38.2 Å². The molecule has 114 valence electrons. The molecule has 0 unspecified atom stereocenters. The molecule has 0 atom stereocenters. The van der Waals surface area contributed by atoms with Crippen LogP contribution in [0.4, 0.5) is 0 Å². The monoisotopic (exact) mass is 322 g/mol. The van der Waals surface area contributed by atoms with Crippen LogP contribution in [0, 0.1) is 0 Å². The Balaban J connectivity index is 3.20. The zero-order chi connectivity index (χ0) is 15.8. The molecule has 9 heteroatoms. The number of aromatic nitrogens is 1. The van der Waals surface area contributed by atoms with Crippen LogP contribution in [-0.2, 0) is 14.8 Å². The van der Waals surface area contributed by atoms with Gasteiger partial charge in [-0.25, -0.2) is 22.9 Å². The summed E-state index contributed by atoms with van der Waals surface area (Å²) in [5.41, 5.74) is -1.45. The first-order chi connectivity index (χ1) is 8.92. The minimum atomic E-state index is -4.00. The van der Waals surface area contributed by atoms with E-state index < -0.39 is 27.1 Å². The molecule has 0 aliphatic heterocycles. The van der Waals surface area contributed by atoms with Crippen molar-refractivity contribution in [2.45, 2.75) is 43.0 Å². The van der Waals surface area contributed by atoms with Gasteiger partial charge in [-0.3, -0.25) is 0 Å². The van der Waals surface area contributed by atoms with E-state index >= 15 is 0 Å². The maximum absolute atomic E-state index is 12.3. The molecule has 0 bridgehead atoms. The zero-order valence-corrected chi connectivity index (χ0v) is 13.6. The van der Waals surface area contributed by atoms with E-state index in [1.54, 1.807) is 13.8 Å². The van der Waals surface area contributed by atoms with Gasteiger partial charge in [0.15, 0.2) is 9.90 Å². The number of nitrogens with zero attached hydrogens (tertiary/aromatic N) is 1. The summed E-state index contributed by atoms with van der Waals surface area (Å²) in [6.07, 6.45) is 0. The molecule has 0 amide bonds. The number of hydrogen-bond acceptors (Lipinski definition) is 7. The minimum absolute atomic E-state index is 0.235. The maximum atomic E-state index is 12.3. The summed E-state index contributed by atoms with van der Waals surface area (Å²) in [7, 11) is -2.85. The second-order valence-electron chi connectivity index (χ2n) is 5.27. The van der Waals surface area contributed by atoms with E-state index in [1.165, 1.54) is 19.4 Å². The number of ether oxygens (including phenoxy) is 1. The summed E-state index contributed by atoms with van der Waals surface area (Å²) in [5, 5.41) is 10.0. The molecule has 0 aliphatic rings. The Morgan fingerprint density at radius 2 is 1.95 bits per heavy atom. The molecule has 0 radical (unpaired) electrons. The van der Waals surface area contributed by atoms with E-state index in [2.05, 4.69) is 14.4 Å². The highest BCUT2D eigenvalue weighted by atomic mass is 32.2. The molecule has 0 spiro atoms. The predicted octanol–water partition coefficient (Wildman–Crippen LogP) is 0.757. The molecule has 2 N–H and O–H groups in total. The van der Waals surface area contributed by atoms with Crippen molar-refractivity contribution in [1.29, 1.82) is 0 Å². The number of thiazole rings is 1. The first-order valence-electron chi connectivity index (χ1n) is 5.70. The summed E-state index contributed by atoms with van der Waals surface area (Å²) in [6.45, 7) is 6.07. The number of aliphatic hydroxyl groups is 1. The second kappa shape index (κ2) is 5.40. The lowest BCUT2D eigenvalue weighted by Gasteiger charge is -2.37. The Kier molecular flexibility index (Phi) is 4.59. The fraction of sp³-hybridized carbons (Fsp3) is 0.636. The molecule has 0 aliphatic carbocycles. The van der Waals surface area contributed by atoms with Gasteiger partial charge in [0.1, 0.15) is 0 Å². The summed E-state index contributed by atoms with van der Waals surface area (Å²) in [5.74, 6) is -0.826. The summed E-state index contributed by atoms with van der Waals surface area (Å²) in [4.78, 5) is 15.2. The summed E-state index contributed by atoms with van der Waals surface area (Å²) < 4.78 is 31.3. The first-order valence-corrected chi connectivity index (χ1v) is 8.07. The van der Waals surface area contributed by atoms with Crippen LogP contribution in [0.3, 0.4) is 0 Å². The average Bonchev–Trinajstić information content (AvgIpc) is 2.74. The van der Waals surface area contributed by atoms with E-state index in [4.69, 9.17) is 0 Å². The highest BCUT2D eigenvalue weighted by Crippen LogP contribution is 2.26. The van der Waals surface area contributed by atoms with Gasteiger partial charge >= 0.3 is 5.97 Å². The molecule has 7 nitrogen and oxygen atoms in total. The quantitative estimate of drug-likeness (QED) is 0.775. The zero-order valence-electron chi connectivity index (χ0n) is 11.9. The van der Waals surface area contributed by atoms with Gasteiger partial charge in [-0.15, -0.1) is 11.3 Å². The lowest BCUT2D eigenvalue weighted by molar-refractivity contribution is 0.00640. The normalized spacial score (nSPS) is 13.3. The molecular weight excluding hydrogens is 304 g/mol. The number of esters is 1. The van der Waals surface area contributed by atoms with Crippen LogP contribution in [0.2, 0.25) is 0 Å². The minimum Gasteiger partial charge on any atom is -0.464 e. The third kappa shape index (κ3) is 3.35. The van der Waals surface area contributed by atoms with Gasteiger partial charge in [-0.2, -0.15) is 0 Å². The van der Waals surface area contributed by atoms with Crippen LogP contribution >= 0.6 is 11.3 Å². The van der Waals surface area contributed by atoms with Gasteiger partial charge in [-0.1, -0.05) is 0 Å². The second-order valence-corrected chi connectivity index (χ2v) is 8.00. The van der Waals surface area contributed by atoms with E-state index in [0.717, 1.165) is 18.4 Å².